The Morgan fingerprint density at radius 3 is 2.67 bits per heavy atom. The Bertz CT molecular complexity index is 382. The summed E-state index contributed by atoms with van der Waals surface area (Å²) in [6.45, 7) is 6.80. The molecule has 1 rings (SSSR count). The maximum atomic E-state index is 12.1. The highest BCUT2D eigenvalue weighted by Crippen LogP contribution is 2.10. The lowest BCUT2D eigenvalue weighted by Gasteiger charge is -2.17. The SMILES string of the molecule is CCC(C)n1c(C)ccc(CNC)c1=O. The van der Waals surface area contributed by atoms with Crippen molar-refractivity contribution in [1.29, 1.82) is 0 Å². The number of aromatic nitrogens is 1. The Balaban J connectivity index is 3.24. The van der Waals surface area contributed by atoms with E-state index in [1.165, 1.54) is 0 Å². The van der Waals surface area contributed by atoms with E-state index >= 15 is 0 Å². The fourth-order valence-corrected chi connectivity index (χ4v) is 1.74. The molecule has 0 aliphatic heterocycles. The van der Waals surface area contributed by atoms with Crippen molar-refractivity contribution in [3.8, 4) is 0 Å². The van der Waals surface area contributed by atoms with Crippen LogP contribution in [0.2, 0.25) is 0 Å². The quantitative estimate of drug-likeness (QED) is 0.819. The smallest absolute Gasteiger partial charge is 0.255 e. The molecule has 0 fully saturated rings. The summed E-state index contributed by atoms with van der Waals surface area (Å²) < 4.78 is 1.88. The summed E-state index contributed by atoms with van der Waals surface area (Å²) >= 11 is 0. The first-order valence-electron chi connectivity index (χ1n) is 5.47. The van der Waals surface area contributed by atoms with E-state index in [4.69, 9.17) is 0 Å². The first kappa shape index (κ1) is 12.0. The Morgan fingerprint density at radius 1 is 1.47 bits per heavy atom. The van der Waals surface area contributed by atoms with Gasteiger partial charge in [-0.25, -0.2) is 0 Å². The first-order valence-corrected chi connectivity index (χ1v) is 5.47. The number of hydrogen-bond donors (Lipinski definition) is 1. The average Bonchev–Trinajstić information content (AvgIpc) is 2.22. The molecule has 1 unspecified atom stereocenters. The van der Waals surface area contributed by atoms with E-state index < -0.39 is 0 Å². The summed E-state index contributed by atoms with van der Waals surface area (Å²) in [5, 5.41) is 3.02. The van der Waals surface area contributed by atoms with Crippen LogP contribution in [0.1, 0.15) is 37.6 Å². The zero-order valence-electron chi connectivity index (χ0n) is 10.0. The van der Waals surface area contributed by atoms with Gasteiger partial charge in [0.05, 0.1) is 0 Å². The van der Waals surface area contributed by atoms with E-state index in [-0.39, 0.29) is 11.6 Å². The molecule has 0 saturated carbocycles. The van der Waals surface area contributed by atoms with Crippen molar-refractivity contribution in [2.75, 3.05) is 7.05 Å². The van der Waals surface area contributed by atoms with Crippen LogP contribution in [-0.4, -0.2) is 11.6 Å². The van der Waals surface area contributed by atoms with Gasteiger partial charge in [-0.2, -0.15) is 0 Å². The van der Waals surface area contributed by atoms with Gasteiger partial charge in [-0.05, 0) is 33.4 Å². The molecule has 1 N–H and O–H groups in total. The van der Waals surface area contributed by atoms with Gasteiger partial charge < -0.3 is 9.88 Å². The molecule has 1 aromatic rings. The lowest BCUT2D eigenvalue weighted by atomic mass is 10.2. The molecule has 3 nitrogen and oxygen atoms in total. The van der Waals surface area contributed by atoms with Crippen LogP contribution in [0, 0.1) is 6.92 Å². The number of nitrogens with zero attached hydrogens (tertiary/aromatic N) is 1. The zero-order chi connectivity index (χ0) is 11.4. The molecule has 0 radical (unpaired) electrons. The van der Waals surface area contributed by atoms with Crippen LogP contribution in [-0.2, 0) is 6.54 Å². The van der Waals surface area contributed by atoms with Gasteiger partial charge in [-0.15, -0.1) is 0 Å². The molecule has 0 aromatic carbocycles. The van der Waals surface area contributed by atoms with Crippen molar-refractivity contribution < 1.29 is 0 Å². The standard InChI is InChI=1S/C12H20N2O/c1-5-9(2)14-10(3)6-7-11(8-13-4)12(14)15/h6-7,9,13H,5,8H2,1-4H3. The van der Waals surface area contributed by atoms with Gasteiger partial charge >= 0.3 is 0 Å². The predicted molar refractivity (Wildman–Crippen MR) is 63.2 cm³/mol. The topological polar surface area (TPSA) is 34.0 Å². The molecule has 0 aliphatic carbocycles. The largest absolute Gasteiger partial charge is 0.315 e. The van der Waals surface area contributed by atoms with Crippen LogP contribution >= 0.6 is 0 Å². The molecular formula is C12H20N2O. The van der Waals surface area contributed by atoms with E-state index in [1.807, 2.05) is 30.7 Å². The van der Waals surface area contributed by atoms with Crippen molar-refractivity contribution in [2.24, 2.45) is 0 Å². The first-order chi connectivity index (χ1) is 7.11. The summed E-state index contributed by atoms with van der Waals surface area (Å²) in [7, 11) is 1.85. The molecule has 0 saturated heterocycles. The third-order valence-corrected chi connectivity index (χ3v) is 2.80. The second-order valence-electron chi connectivity index (χ2n) is 3.96. The highest BCUT2D eigenvalue weighted by molar-refractivity contribution is 5.16. The second kappa shape index (κ2) is 5.12. The number of nitrogens with one attached hydrogen (secondary N) is 1. The Hall–Kier alpha value is -1.09. The number of hydrogen-bond acceptors (Lipinski definition) is 2. The van der Waals surface area contributed by atoms with Crippen LogP contribution < -0.4 is 10.9 Å². The summed E-state index contributed by atoms with van der Waals surface area (Å²) in [6, 6.07) is 4.20. The fourth-order valence-electron chi connectivity index (χ4n) is 1.74. The third kappa shape index (κ3) is 2.48. The molecule has 0 amide bonds. The van der Waals surface area contributed by atoms with E-state index in [1.54, 1.807) is 0 Å². The fraction of sp³-hybridized carbons (Fsp3) is 0.583. The molecule has 0 spiro atoms. The van der Waals surface area contributed by atoms with E-state index in [9.17, 15) is 4.79 Å². The van der Waals surface area contributed by atoms with Gasteiger partial charge in [0, 0.05) is 23.8 Å². The number of aryl methyl sites for hydroxylation is 1. The summed E-state index contributed by atoms with van der Waals surface area (Å²) in [5.74, 6) is 0. The lowest BCUT2D eigenvalue weighted by molar-refractivity contribution is 0.498. The van der Waals surface area contributed by atoms with Crippen LogP contribution in [0.4, 0.5) is 0 Å². The molecule has 0 aliphatic rings. The molecule has 1 heterocycles. The van der Waals surface area contributed by atoms with Gasteiger partial charge in [-0.3, -0.25) is 4.79 Å². The maximum absolute atomic E-state index is 12.1. The minimum atomic E-state index is 0.138. The lowest BCUT2D eigenvalue weighted by Crippen LogP contribution is -2.29. The van der Waals surface area contributed by atoms with Crippen molar-refractivity contribution in [1.82, 2.24) is 9.88 Å². The molecular weight excluding hydrogens is 188 g/mol. The second-order valence-corrected chi connectivity index (χ2v) is 3.96. The van der Waals surface area contributed by atoms with Crippen LogP contribution in [0.15, 0.2) is 16.9 Å². The Labute approximate surface area is 91.1 Å². The van der Waals surface area contributed by atoms with Gasteiger partial charge in [0.25, 0.3) is 5.56 Å². The molecule has 15 heavy (non-hydrogen) atoms. The third-order valence-electron chi connectivity index (χ3n) is 2.80. The monoisotopic (exact) mass is 208 g/mol. The summed E-state index contributed by atoms with van der Waals surface area (Å²) in [5.41, 5.74) is 2.01. The van der Waals surface area contributed by atoms with Gasteiger partial charge in [-0.1, -0.05) is 13.0 Å². The van der Waals surface area contributed by atoms with Crippen LogP contribution in [0.5, 0.6) is 0 Å². The highest BCUT2D eigenvalue weighted by atomic mass is 16.1. The predicted octanol–water partition coefficient (Wildman–Crippen LogP) is 1.85. The van der Waals surface area contributed by atoms with Crippen LogP contribution in [0.25, 0.3) is 0 Å². The molecule has 1 aromatic heterocycles. The minimum absolute atomic E-state index is 0.138. The van der Waals surface area contributed by atoms with Gasteiger partial charge in [0.1, 0.15) is 0 Å². The van der Waals surface area contributed by atoms with Gasteiger partial charge in [0.2, 0.25) is 0 Å². The summed E-state index contributed by atoms with van der Waals surface area (Å²) in [6.07, 6.45) is 0.976. The van der Waals surface area contributed by atoms with E-state index in [0.29, 0.717) is 6.54 Å². The Kier molecular flexibility index (Phi) is 4.09. The van der Waals surface area contributed by atoms with Gasteiger partial charge in [0.15, 0.2) is 0 Å². The normalized spacial score (nSPS) is 12.8. The van der Waals surface area contributed by atoms with E-state index in [2.05, 4.69) is 19.2 Å². The molecule has 0 bridgehead atoms. The maximum Gasteiger partial charge on any atom is 0.255 e. The number of rotatable bonds is 4. The highest BCUT2D eigenvalue weighted by Gasteiger charge is 2.09. The molecule has 3 heteroatoms. The van der Waals surface area contributed by atoms with Crippen molar-refractivity contribution in [2.45, 2.75) is 39.8 Å². The van der Waals surface area contributed by atoms with Crippen molar-refractivity contribution in [3.05, 3.63) is 33.7 Å². The van der Waals surface area contributed by atoms with E-state index in [0.717, 1.165) is 17.7 Å². The average molecular weight is 208 g/mol. The summed E-state index contributed by atoms with van der Waals surface area (Å²) in [4.78, 5) is 12.1. The zero-order valence-corrected chi connectivity index (χ0v) is 10.0. The molecule has 84 valence electrons. The van der Waals surface area contributed by atoms with Crippen molar-refractivity contribution >= 4 is 0 Å². The Morgan fingerprint density at radius 2 is 2.13 bits per heavy atom. The molecule has 1 atom stereocenters. The minimum Gasteiger partial charge on any atom is -0.315 e. The van der Waals surface area contributed by atoms with Crippen molar-refractivity contribution in [3.63, 3.8) is 0 Å². The number of pyridine rings is 1. The van der Waals surface area contributed by atoms with Crippen LogP contribution in [0.3, 0.4) is 0 Å².